The zero-order valence-corrected chi connectivity index (χ0v) is 23.3. The van der Waals surface area contributed by atoms with Gasteiger partial charge in [0.2, 0.25) is 5.75 Å². The van der Waals surface area contributed by atoms with Crippen LogP contribution in [0, 0.1) is 0 Å². The largest absolute Gasteiger partial charge is 0.493 e. The summed E-state index contributed by atoms with van der Waals surface area (Å²) in [7, 11) is 11.0. The van der Waals surface area contributed by atoms with E-state index >= 15 is 0 Å². The topological polar surface area (TPSA) is 81.7 Å². The van der Waals surface area contributed by atoms with Crippen molar-refractivity contribution in [1.82, 2.24) is 0 Å². The zero-order valence-electron chi connectivity index (χ0n) is 23.3. The minimum absolute atomic E-state index is 0.147. The molecule has 0 aliphatic heterocycles. The van der Waals surface area contributed by atoms with Crippen LogP contribution in [0.4, 0.5) is 0 Å². The van der Waals surface area contributed by atoms with Gasteiger partial charge in [-0.3, -0.25) is 4.79 Å². The maximum atomic E-state index is 12.8. The van der Waals surface area contributed by atoms with Gasteiger partial charge in [-0.2, -0.15) is 0 Å². The van der Waals surface area contributed by atoms with E-state index in [2.05, 4.69) is 0 Å². The number of ether oxygens (including phenoxy) is 7. The fourth-order valence-electron chi connectivity index (χ4n) is 4.03. The number of allylic oxidation sites excluding steroid dienone is 2. The summed E-state index contributed by atoms with van der Waals surface area (Å²) in [6.07, 6.45) is 7.74. The van der Waals surface area contributed by atoms with Gasteiger partial charge in [0.1, 0.15) is 0 Å². The van der Waals surface area contributed by atoms with Crippen LogP contribution in [0.2, 0.25) is 0 Å². The van der Waals surface area contributed by atoms with Gasteiger partial charge in [-0.05, 0) is 71.7 Å². The molecule has 3 aromatic carbocycles. The van der Waals surface area contributed by atoms with E-state index < -0.39 is 0 Å². The fraction of sp³-hybridized carbons (Fsp3) is 0.258. The molecule has 3 aromatic rings. The van der Waals surface area contributed by atoms with Crippen molar-refractivity contribution in [2.24, 2.45) is 0 Å². The van der Waals surface area contributed by atoms with Gasteiger partial charge in [-0.1, -0.05) is 18.2 Å². The summed E-state index contributed by atoms with van der Waals surface area (Å²) in [4.78, 5) is 12.8. The lowest BCUT2D eigenvalue weighted by Crippen LogP contribution is -1.98. The van der Waals surface area contributed by atoms with Gasteiger partial charge in [0.25, 0.3) is 0 Å². The molecule has 0 aromatic heterocycles. The summed E-state index contributed by atoms with van der Waals surface area (Å²) < 4.78 is 38.0. The van der Waals surface area contributed by atoms with Crippen LogP contribution in [0.25, 0.3) is 12.2 Å². The molecule has 206 valence electrons. The Labute approximate surface area is 229 Å². The van der Waals surface area contributed by atoms with Crippen LogP contribution in [-0.2, 0) is 6.42 Å². The Morgan fingerprint density at radius 1 is 0.615 bits per heavy atom. The molecule has 8 heteroatoms. The summed E-state index contributed by atoms with van der Waals surface area (Å²) in [6, 6.07) is 12.6. The molecule has 8 nitrogen and oxygen atoms in total. The van der Waals surface area contributed by atoms with Crippen LogP contribution in [-0.4, -0.2) is 55.6 Å². The van der Waals surface area contributed by atoms with Crippen LogP contribution in [0.5, 0.6) is 40.2 Å². The molecule has 3 rings (SSSR count). The monoisotopic (exact) mass is 534 g/mol. The van der Waals surface area contributed by atoms with Crippen molar-refractivity contribution in [3.05, 3.63) is 76.9 Å². The van der Waals surface area contributed by atoms with Crippen LogP contribution in [0.3, 0.4) is 0 Å². The summed E-state index contributed by atoms with van der Waals surface area (Å²) in [5, 5.41) is 0. The van der Waals surface area contributed by atoms with E-state index in [4.69, 9.17) is 33.2 Å². The predicted molar refractivity (Wildman–Crippen MR) is 151 cm³/mol. The molecule has 0 amide bonds. The number of hydrogen-bond donors (Lipinski definition) is 0. The Bertz CT molecular complexity index is 1330. The van der Waals surface area contributed by atoms with Gasteiger partial charge in [0, 0.05) is 5.56 Å². The summed E-state index contributed by atoms with van der Waals surface area (Å²) in [6.45, 7) is 0. The van der Waals surface area contributed by atoms with E-state index in [1.54, 1.807) is 66.9 Å². The average molecular weight is 535 g/mol. The molecule has 0 atom stereocenters. The normalized spacial score (nSPS) is 10.9. The highest BCUT2D eigenvalue weighted by Gasteiger charge is 2.14. The highest BCUT2D eigenvalue weighted by Crippen LogP contribution is 2.39. The van der Waals surface area contributed by atoms with Crippen LogP contribution < -0.4 is 33.2 Å². The lowest BCUT2D eigenvalue weighted by molar-refractivity contribution is 0.104. The number of hydrogen-bond acceptors (Lipinski definition) is 8. The van der Waals surface area contributed by atoms with Gasteiger partial charge in [0.05, 0.1) is 49.8 Å². The fourth-order valence-corrected chi connectivity index (χ4v) is 4.03. The Balaban J connectivity index is 1.93. The van der Waals surface area contributed by atoms with Gasteiger partial charge < -0.3 is 33.2 Å². The molecule has 39 heavy (non-hydrogen) atoms. The van der Waals surface area contributed by atoms with Crippen molar-refractivity contribution in [2.45, 2.75) is 6.42 Å². The molecule has 0 saturated heterocycles. The maximum Gasteiger partial charge on any atom is 0.203 e. The van der Waals surface area contributed by atoms with Gasteiger partial charge >= 0.3 is 0 Å². The van der Waals surface area contributed by atoms with E-state index in [9.17, 15) is 4.79 Å². The van der Waals surface area contributed by atoms with Crippen LogP contribution >= 0.6 is 0 Å². The van der Waals surface area contributed by atoms with Gasteiger partial charge in [-0.25, -0.2) is 0 Å². The number of benzene rings is 3. The first-order chi connectivity index (χ1) is 18.9. The van der Waals surface area contributed by atoms with Crippen molar-refractivity contribution in [2.75, 3.05) is 49.8 Å². The number of rotatable bonds is 13. The Morgan fingerprint density at radius 3 is 1.74 bits per heavy atom. The third-order valence-electron chi connectivity index (χ3n) is 6.06. The molecular formula is C31H34O8. The second-order valence-electron chi connectivity index (χ2n) is 8.24. The molecule has 0 saturated carbocycles. The summed E-state index contributed by atoms with van der Waals surface area (Å²) >= 11 is 0. The molecule has 0 aliphatic carbocycles. The van der Waals surface area contributed by atoms with E-state index in [-0.39, 0.29) is 5.78 Å². The van der Waals surface area contributed by atoms with Crippen LogP contribution in [0.1, 0.15) is 27.0 Å². The second-order valence-corrected chi connectivity index (χ2v) is 8.24. The maximum absolute atomic E-state index is 12.8. The van der Waals surface area contributed by atoms with Crippen molar-refractivity contribution < 1.29 is 38.0 Å². The number of carbonyl (C=O) groups excluding carboxylic acids is 1. The minimum atomic E-state index is -0.147. The van der Waals surface area contributed by atoms with Crippen molar-refractivity contribution >= 4 is 17.9 Å². The van der Waals surface area contributed by atoms with Crippen LogP contribution in [0.15, 0.2) is 54.6 Å². The minimum Gasteiger partial charge on any atom is -0.493 e. The zero-order chi connectivity index (χ0) is 28.4. The first-order valence-electron chi connectivity index (χ1n) is 12.1. The number of ketones is 1. The lowest BCUT2D eigenvalue weighted by atomic mass is 10.0. The smallest absolute Gasteiger partial charge is 0.203 e. The highest BCUT2D eigenvalue weighted by atomic mass is 16.5. The molecule has 0 heterocycles. The van der Waals surface area contributed by atoms with Crippen molar-refractivity contribution in [1.29, 1.82) is 0 Å². The third-order valence-corrected chi connectivity index (χ3v) is 6.06. The Morgan fingerprint density at radius 2 is 1.18 bits per heavy atom. The molecule has 0 N–H and O–H groups in total. The molecular weight excluding hydrogens is 500 g/mol. The van der Waals surface area contributed by atoms with Gasteiger partial charge in [-0.15, -0.1) is 0 Å². The van der Waals surface area contributed by atoms with E-state index in [0.717, 1.165) is 16.7 Å². The van der Waals surface area contributed by atoms with Crippen molar-refractivity contribution in [3.63, 3.8) is 0 Å². The summed E-state index contributed by atoms with van der Waals surface area (Å²) in [5.74, 6) is 3.73. The molecule has 0 spiro atoms. The third kappa shape index (κ3) is 6.84. The standard InChI is InChI=1S/C31H34O8/c1-33-25-14-13-23(19-26(25)34-2)24(32)10-8-9-21-17-27(35-3)28(36-4)18-22(21)12-11-20-15-29(37-5)31(39-7)30(16-20)38-6/h8,10-19H,9H2,1-7H3/b10-8-,12-11-. The number of carbonyl (C=O) groups is 1. The molecule has 0 bridgehead atoms. The lowest BCUT2D eigenvalue weighted by Gasteiger charge is -2.14. The Kier molecular flexibility index (Phi) is 10.3. The Hall–Kier alpha value is -4.59. The van der Waals surface area contributed by atoms with E-state index in [1.165, 1.54) is 7.11 Å². The number of methoxy groups -OCH3 is 7. The van der Waals surface area contributed by atoms with Gasteiger partial charge in [0.15, 0.2) is 40.3 Å². The summed E-state index contributed by atoms with van der Waals surface area (Å²) in [5.41, 5.74) is 3.18. The first kappa shape index (κ1) is 29.0. The SMILES string of the molecule is COc1ccc(C(=O)/C=C\Cc2cc(OC)c(OC)cc2/C=C\c2cc(OC)c(OC)c(OC)c2)cc1OC. The molecule has 0 fully saturated rings. The van der Waals surface area contributed by atoms with E-state index in [1.807, 2.05) is 42.5 Å². The average Bonchev–Trinajstić information content (AvgIpc) is 2.98. The quantitative estimate of drug-likeness (QED) is 0.152. The first-order valence-corrected chi connectivity index (χ1v) is 12.1. The predicted octanol–water partition coefficient (Wildman–Crippen LogP) is 5.90. The molecule has 0 aliphatic rings. The van der Waals surface area contributed by atoms with E-state index in [0.29, 0.717) is 52.2 Å². The molecule has 0 radical (unpaired) electrons. The van der Waals surface area contributed by atoms with Crippen molar-refractivity contribution in [3.8, 4) is 40.2 Å². The second kappa shape index (κ2) is 13.8. The molecule has 0 unspecified atom stereocenters. The highest BCUT2D eigenvalue weighted by molar-refractivity contribution is 6.04.